The molecular weight excluding hydrogens is 299 g/mol. The van der Waals surface area contributed by atoms with E-state index in [1.807, 2.05) is 0 Å². The lowest BCUT2D eigenvalue weighted by molar-refractivity contribution is 0.647. The Kier molecular flexibility index (Phi) is 4.78. The highest BCUT2D eigenvalue weighted by molar-refractivity contribution is 6.41. The van der Waals surface area contributed by atoms with Crippen molar-refractivity contribution < 1.29 is 0 Å². The van der Waals surface area contributed by atoms with Gasteiger partial charge in [0.25, 0.3) is 0 Å². The zero-order valence-electron chi connectivity index (χ0n) is 10.9. The van der Waals surface area contributed by atoms with E-state index in [-0.39, 0.29) is 0 Å². The Labute approximate surface area is 129 Å². The van der Waals surface area contributed by atoms with Crippen molar-refractivity contribution in [1.29, 1.82) is 0 Å². The summed E-state index contributed by atoms with van der Waals surface area (Å²) in [4.78, 5) is 0. The van der Waals surface area contributed by atoms with Crippen molar-refractivity contribution in [3.63, 3.8) is 0 Å². The standard InChI is InChI=1S/C16H15Cl3/c1-10(2)7-11-3-5-12(6-4-11)16-14(18)8-13(17)9-15(16)19/h3-6,8-10H,7H2,1-2H3. The molecule has 3 heteroatoms. The van der Waals surface area contributed by atoms with Crippen LogP contribution >= 0.6 is 34.8 Å². The van der Waals surface area contributed by atoms with E-state index in [1.165, 1.54) is 5.56 Å². The summed E-state index contributed by atoms with van der Waals surface area (Å²) in [5, 5.41) is 1.71. The van der Waals surface area contributed by atoms with Crippen molar-refractivity contribution >= 4 is 34.8 Å². The van der Waals surface area contributed by atoms with E-state index in [0.717, 1.165) is 17.5 Å². The molecule has 0 aliphatic heterocycles. The molecule has 0 fully saturated rings. The Hall–Kier alpha value is -0.690. The molecule has 0 nitrogen and oxygen atoms in total. The monoisotopic (exact) mass is 312 g/mol. The predicted octanol–water partition coefficient (Wildman–Crippen LogP) is 6.51. The maximum absolute atomic E-state index is 6.22. The van der Waals surface area contributed by atoms with Crippen LogP contribution in [0.3, 0.4) is 0 Å². The molecule has 0 atom stereocenters. The van der Waals surface area contributed by atoms with Crippen LogP contribution in [0.4, 0.5) is 0 Å². The third-order valence-corrected chi connectivity index (χ3v) is 3.71. The van der Waals surface area contributed by atoms with Gasteiger partial charge in [-0.15, -0.1) is 0 Å². The summed E-state index contributed by atoms with van der Waals surface area (Å²) in [6.07, 6.45) is 1.07. The van der Waals surface area contributed by atoms with Crippen molar-refractivity contribution in [3.05, 3.63) is 57.0 Å². The fourth-order valence-corrected chi connectivity index (χ4v) is 3.13. The Morgan fingerprint density at radius 2 is 1.42 bits per heavy atom. The first-order valence-corrected chi connectivity index (χ1v) is 7.34. The molecular formula is C16H15Cl3. The van der Waals surface area contributed by atoms with Crippen LogP contribution < -0.4 is 0 Å². The summed E-state index contributed by atoms with van der Waals surface area (Å²) in [5.74, 6) is 0.647. The summed E-state index contributed by atoms with van der Waals surface area (Å²) < 4.78 is 0. The van der Waals surface area contributed by atoms with Gasteiger partial charge in [0.1, 0.15) is 0 Å². The quantitative estimate of drug-likeness (QED) is 0.605. The molecule has 0 amide bonds. The van der Waals surface area contributed by atoms with Crippen LogP contribution in [-0.4, -0.2) is 0 Å². The van der Waals surface area contributed by atoms with Crippen LogP contribution in [-0.2, 0) is 6.42 Å². The Balaban J connectivity index is 2.37. The highest BCUT2D eigenvalue weighted by atomic mass is 35.5. The van der Waals surface area contributed by atoms with Crippen LogP contribution in [0, 0.1) is 5.92 Å². The smallest absolute Gasteiger partial charge is 0.0514 e. The number of hydrogen-bond donors (Lipinski definition) is 0. The molecule has 0 aromatic heterocycles. The van der Waals surface area contributed by atoms with Gasteiger partial charge in [0, 0.05) is 10.6 Å². The van der Waals surface area contributed by atoms with Crippen molar-refractivity contribution in [2.45, 2.75) is 20.3 Å². The molecule has 0 heterocycles. The summed E-state index contributed by atoms with van der Waals surface area (Å²) in [7, 11) is 0. The van der Waals surface area contributed by atoms with Gasteiger partial charge >= 0.3 is 0 Å². The van der Waals surface area contributed by atoms with E-state index >= 15 is 0 Å². The third kappa shape index (κ3) is 3.66. The minimum Gasteiger partial charge on any atom is -0.0842 e. The van der Waals surface area contributed by atoms with Crippen molar-refractivity contribution in [3.8, 4) is 11.1 Å². The first kappa shape index (κ1) is 14.7. The number of rotatable bonds is 3. The highest BCUT2D eigenvalue weighted by Gasteiger charge is 2.10. The molecule has 19 heavy (non-hydrogen) atoms. The van der Waals surface area contributed by atoms with Gasteiger partial charge < -0.3 is 0 Å². The van der Waals surface area contributed by atoms with E-state index < -0.39 is 0 Å². The molecule has 0 N–H and O–H groups in total. The Morgan fingerprint density at radius 3 is 1.89 bits per heavy atom. The second kappa shape index (κ2) is 6.17. The van der Waals surface area contributed by atoms with Crippen molar-refractivity contribution in [2.75, 3.05) is 0 Å². The van der Waals surface area contributed by atoms with Crippen LogP contribution in [0.25, 0.3) is 11.1 Å². The molecule has 0 saturated carbocycles. The Morgan fingerprint density at radius 1 is 0.895 bits per heavy atom. The van der Waals surface area contributed by atoms with Crippen LogP contribution in [0.15, 0.2) is 36.4 Å². The number of benzene rings is 2. The van der Waals surface area contributed by atoms with Crippen molar-refractivity contribution in [1.82, 2.24) is 0 Å². The maximum Gasteiger partial charge on any atom is 0.0514 e. The first-order chi connectivity index (χ1) is 8.97. The summed E-state index contributed by atoms with van der Waals surface area (Å²) in [6, 6.07) is 11.8. The minimum atomic E-state index is 0.551. The van der Waals surface area contributed by atoms with E-state index in [1.54, 1.807) is 12.1 Å². The number of hydrogen-bond acceptors (Lipinski definition) is 0. The maximum atomic E-state index is 6.22. The van der Waals surface area contributed by atoms with Crippen LogP contribution in [0.5, 0.6) is 0 Å². The van der Waals surface area contributed by atoms with Crippen molar-refractivity contribution in [2.24, 2.45) is 5.92 Å². The average Bonchev–Trinajstić information content (AvgIpc) is 2.29. The van der Waals surface area contributed by atoms with Gasteiger partial charge in [0.05, 0.1) is 10.0 Å². The van der Waals surface area contributed by atoms with Crippen LogP contribution in [0.2, 0.25) is 15.1 Å². The highest BCUT2D eigenvalue weighted by Crippen LogP contribution is 2.37. The summed E-state index contributed by atoms with van der Waals surface area (Å²) in [5.41, 5.74) is 3.17. The molecule has 0 saturated heterocycles. The summed E-state index contributed by atoms with van der Waals surface area (Å²) >= 11 is 18.4. The molecule has 0 bridgehead atoms. The Bertz CT molecular complexity index is 548. The second-order valence-electron chi connectivity index (χ2n) is 5.04. The molecule has 0 aliphatic carbocycles. The average molecular weight is 314 g/mol. The molecule has 0 unspecified atom stereocenters. The van der Waals surface area contributed by atoms with Gasteiger partial charge in [0.15, 0.2) is 0 Å². The predicted molar refractivity (Wildman–Crippen MR) is 85.5 cm³/mol. The fraction of sp³-hybridized carbons (Fsp3) is 0.250. The molecule has 0 radical (unpaired) electrons. The normalized spacial score (nSPS) is 11.1. The molecule has 100 valence electrons. The van der Waals surface area contributed by atoms with Gasteiger partial charge in [0.2, 0.25) is 0 Å². The third-order valence-electron chi connectivity index (χ3n) is 2.89. The van der Waals surface area contributed by atoms with E-state index in [4.69, 9.17) is 34.8 Å². The summed E-state index contributed by atoms with van der Waals surface area (Å²) in [6.45, 7) is 4.42. The van der Waals surface area contributed by atoms with Crippen LogP contribution in [0.1, 0.15) is 19.4 Å². The van der Waals surface area contributed by atoms with Gasteiger partial charge in [-0.05, 0) is 35.6 Å². The van der Waals surface area contributed by atoms with Gasteiger partial charge in [-0.25, -0.2) is 0 Å². The lowest BCUT2D eigenvalue weighted by Crippen LogP contribution is -1.93. The topological polar surface area (TPSA) is 0 Å². The van der Waals surface area contributed by atoms with E-state index in [2.05, 4.69) is 38.1 Å². The lowest BCUT2D eigenvalue weighted by Gasteiger charge is -2.10. The van der Waals surface area contributed by atoms with E-state index in [0.29, 0.717) is 21.0 Å². The minimum absolute atomic E-state index is 0.551. The van der Waals surface area contributed by atoms with Gasteiger partial charge in [-0.3, -0.25) is 0 Å². The molecule has 2 rings (SSSR count). The SMILES string of the molecule is CC(C)Cc1ccc(-c2c(Cl)cc(Cl)cc2Cl)cc1. The van der Waals surface area contributed by atoms with Gasteiger partial charge in [-0.1, -0.05) is 72.9 Å². The van der Waals surface area contributed by atoms with E-state index in [9.17, 15) is 0 Å². The fourth-order valence-electron chi connectivity index (χ4n) is 2.10. The molecule has 0 aliphatic rings. The van der Waals surface area contributed by atoms with Gasteiger partial charge in [-0.2, -0.15) is 0 Å². The second-order valence-corrected chi connectivity index (χ2v) is 6.29. The molecule has 2 aromatic carbocycles. The molecule has 2 aromatic rings. The molecule has 0 spiro atoms. The zero-order valence-corrected chi connectivity index (χ0v) is 13.2. The zero-order chi connectivity index (χ0) is 14.0. The lowest BCUT2D eigenvalue weighted by atomic mass is 9.99. The number of halogens is 3. The largest absolute Gasteiger partial charge is 0.0842 e. The first-order valence-electron chi connectivity index (χ1n) is 6.21.